The van der Waals surface area contributed by atoms with Crippen LogP contribution in [-0.2, 0) is 13.6 Å². The summed E-state index contributed by atoms with van der Waals surface area (Å²) in [7, 11) is -1.65. The van der Waals surface area contributed by atoms with Crippen LogP contribution in [0.4, 0.5) is 0 Å². The zero-order valence-corrected chi connectivity index (χ0v) is 15.2. The molecule has 1 saturated heterocycles. The van der Waals surface area contributed by atoms with Gasteiger partial charge in [0.1, 0.15) is 0 Å². The van der Waals surface area contributed by atoms with Crippen molar-refractivity contribution in [2.75, 3.05) is 39.9 Å². The molecule has 0 aromatic heterocycles. The van der Waals surface area contributed by atoms with E-state index in [-0.39, 0.29) is 13.2 Å². The summed E-state index contributed by atoms with van der Waals surface area (Å²) < 4.78 is 21.5. The molecule has 1 fully saturated rings. The average Bonchev–Trinajstić information content (AvgIpc) is 2.88. The van der Waals surface area contributed by atoms with Crippen LogP contribution in [-0.4, -0.2) is 44.4 Å². The number of likely N-dealkylation sites (tertiary alicyclic amines) is 1. The molecule has 1 rings (SSSR count). The molecule has 0 spiro atoms. The number of unbranched alkanes of at least 4 members (excludes halogenated alkanes) is 2. The largest absolute Gasteiger partial charge is 0.756 e. The molecule has 0 aromatic carbocycles. The van der Waals surface area contributed by atoms with E-state index in [4.69, 9.17) is 0 Å². The van der Waals surface area contributed by atoms with Crippen molar-refractivity contribution in [2.45, 2.75) is 59.3 Å². The SMILES string of the molecule is CCCCOP(=O)([O-])OCCCC.CC[N+]1(C)CCCC1. The fourth-order valence-electron chi connectivity index (χ4n) is 2.09. The number of phosphoric ester groups is 1. The molecule has 1 aliphatic heterocycles. The van der Waals surface area contributed by atoms with Crippen molar-refractivity contribution < 1.29 is 23.0 Å². The summed E-state index contributed by atoms with van der Waals surface area (Å²) in [4.78, 5) is 11.0. The number of rotatable bonds is 9. The third kappa shape index (κ3) is 11.3. The van der Waals surface area contributed by atoms with Gasteiger partial charge in [0.15, 0.2) is 0 Å². The van der Waals surface area contributed by atoms with Gasteiger partial charge >= 0.3 is 0 Å². The van der Waals surface area contributed by atoms with Crippen molar-refractivity contribution in [1.82, 2.24) is 0 Å². The van der Waals surface area contributed by atoms with Crippen molar-refractivity contribution in [3.63, 3.8) is 0 Å². The maximum Gasteiger partial charge on any atom is 0.267 e. The molecule has 1 heterocycles. The van der Waals surface area contributed by atoms with Crippen LogP contribution >= 0.6 is 7.82 Å². The number of hydrogen-bond acceptors (Lipinski definition) is 4. The molecule has 0 unspecified atom stereocenters. The molecule has 5 nitrogen and oxygen atoms in total. The first kappa shape index (κ1) is 21.1. The Morgan fingerprint density at radius 3 is 1.71 bits per heavy atom. The summed E-state index contributed by atoms with van der Waals surface area (Å²) in [5.74, 6) is 0. The van der Waals surface area contributed by atoms with Crippen molar-refractivity contribution in [2.24, 2.45) is 0 Å². The number of quaternary nitrogens is 1. The van der Waals surface area contributed by atoms with E-state index >= 15 is 0 Å². The second kappa shape index (κ2) is 11.6. The van der Waals surface area contributed by atoms with E-state index in [1.807, 2.05) is 13.8 Å². The minimum Gasteiger partial charge on any atom is -0.756 e. The molecule has 0 N–H and O–H groups in total. The van der Waals surface area contributed by atoms with E-state index in [1.165, 1.54) is 37.0 Å². The predicted octanol–water partition coefficient (Wildman–Crippen LogP) is 3.33. The summed E-state index contributed by atoms with van der Waals surface area (Å²) in [6.07, 6.45) is 6.20. The second-order valence-electron chi connectivity index (χ2n) is 5.91. The summed E-state index contributed by atoms with van der Waals surface area (Å²) in [5, 5.41) is 0. The van der Waals surface area contributed by atoms with Crippen LogP contribution in [0.3, 0.4) is 0 Å². The zero-order valence-electron chi connectivity index (χ0n) is 14.3. The number of phosphoric acid groups is 1. The normalized spacial score (nSPS) is 17.4. The van der Waals surface area contributed by atoms with Gasteiger partial charge in [-0.2, -0.15) is 0 Å². The Balaban J connectivity index is 0.000000423. The first-order valence-corrected chi connectivity index (χ1v) is 9.79. The minimum absolute atomic E-state index is 0.226. The van der Waals surface area contributed by atoms with Gasteiger partial charge in [0.25, 0.3) is 7.82 Å². The van der Waals surface area contributed by atoms with Crippen LogP contribution in [0.1, 0.15) is 59.3 Å². The Bertz CT molecular complexity index is 279. The third-order valence-electron chi connectivity index (χ3n) is 3.90. The third-order valence-corrected chi connectivity index (χ3v) is 4.90. The first-order chi connectivity index (χ1) is 9.89. The first-order valence-electron chi connectivity index (χ1n) is 8.32. The molecular weight excluding hydrogens is 289 g/mol. The highest BCUT2D eigenvalue weighted by molar-refractivity contribution is 7.45. The van der Waals surface area contributed by atoms with Crippen LogP contribution in [0.5, 0.6) is 0 Å². The van der Waals surface area contributed by atoms with Crippen molar-refractivity contribution in [3.05, 3.63) is 0 Å². The van der Waals surface area contributed by atoms with Crippen molar-refractivity contribution >= 4 is 7.82 Å². The van der Waals surface area contributed by atoms with Crippen LogP contribution in [0, 0.1) is 0 Å². The van der Waals surface area contributed by atoms with E-state index < -0.39 is 7.82 Å². The summed E-state index contributed by atoms with van der Waals surface area (Å²) in [6, 6.07) is 0. The van der Waals surface area contributed by atoms with Crippen LogP contribution < -0.4 is 4.89 Å². The van der Waals surface area contributed by atoms with Gasteiger partial charge in [-0.15, -0.1) is 0 Å². The van der Waals surface area contributed by atoms with Gasteiger partial charge in [0.2, 0.25) is 0 Å². The van der Waals surface area contributed by atoms with E-state index in [9.17, 15) is 9.46 Å². The fourth-order valence-corrected chi connectivity index (χ4v) is 2.87. The Hall–Kier alpha value is 0.0700. The Kier molecular flexibility index (Phi) is 11.7. The van der Waals surface area contributed by atoms with Crippen molar-refractivity contribution in [3.8, 4) is 0 Å². The monoisotopic (exact) mass is 323 g/mol. The maximum absolute atomic E-state index is 11.0. The average molecular weight is 323 g/mol. The number of hydrogen-bond donors (Lipinski definition) is 0. The predicted molar refractivity (Wildman–Crippen MR) is 85.0 cm³/mol. The maximum atomic E-state index is 11.0. The molecule has 6 heteroatoms. The van der Waals surface area contributed by atoms with Crippen molar-refractivity contribution in [1.29, 1.82) is 0 Å². The standard InChI is InChI=1S/C8H19O4P.C7H16N/c1-3-5-7-11-13(9,10)12-8-6-4-2;1-3-8(2)6-4-5-7-8/h3-8H2,1-2H3,(H,9,10);3-7H2,1-2H3/q;+1/p-1. The summed E-state index contributed by atoms with van der Waals surface area (Å²) in [5.41, 5.74) is 0. The lowest BCUT2D eigenvalue weighted by Crippen LogP contribution is -2.40. The summed E-state index contributed by atoms with van der Waals surface area (Å²) in [6.45, 7) is 10.8. The van der Waals surface area contributed by atoms with Gasteiger partial charge < -0.3 is 18.4 Å². The van der Waals surface area contributed by atoms with E-state index in [0.717, 1.165) is 25.7 Å². The molecule has 1 aliphatic rings. The van der Waals surface area contributed by atoms with Gasteiger partial charge in [-0.1, -0.05) is 26.7 Å². The molecule has 0 amide bonds. The highest BCUT2D eigenvalue weighted by Gasteiger charge is 2.23. The fraction of sp³-hybridized carbons (Fsp3) is 1.00. The quantitative estimate of drug-likeness (QED) is 0.371. The van der Waals surface area contributed by atoms with Gasteiger partial charge in [-0.25, -0.2) is 0 Å². The van der Waals surface area contributed by atoms with E-state index in [1.54, 1.807) is 0 Å². The minimum atomic E-state index is -4.00. The number of nitrogens with zero attached hydrogens (tertiary/aromatic N) is 1. The Morgan fingerprint density at radius 2 is 1.43 bits per heavy atom. The second-order valence-corrected chi connectivity index (χ2v) is 7.32. The van der Waals surface area contributed by atoms with Gasteiger partial charge in [0.05, 0.1) is 39.9 Å². The van der Waals surface area contributed by atoms with Gasteiger partial charge in [0, 0.05) is 12.8 Å². The highest BCUT2D eigenvalue weighted by atomic mass is 31.2. The van der Waals surface area contributed by atoms with E-state index in [0.29, 0.717) is 0 Å². The summed E-state index contributed by atoms with van der Waals surface area (Å²) >= 11 is 0. The van der Waals surface area contributed by atoms with Crippen LogP contribution in [0.15, 0.2) is 0 Å². The molecule has 0 radical (unpaired) electrons. The zero-order chi connectivity index (χ0) is 16.2. The van der Waals surface area contributed by atoms with Gasteiger partial charge in [-0.05, 0) is 19.8 Å². The molecule has 0 aromatic rings. The lowest BCUT2D eigenvalue weighted by Gasteiger charge is -2.26. The lowest BCUT2D eigenvalue weighted by molar-refractivity contribution is -0.895. The molecule has 0 atom stereocenters. The topological polar surface area (TPSA) is 58.6 Å². The molecule has 0 saturated carbocycles. The van der Waals surface area contributed by atoms with Gasteiger partial charge in [-0.3, -0.25) is 4.57 Å². The van der Waals surface area contributed by atoms with Crippen LogP contribution in [0.25, 0.3) is 0 Å². The highest BCUT2D eigenvalue weighted by Crippen LogP contribution is 2.38. The smallest absolute Gasteiger partial charge is 0.267 e. The Labute approximate surface area is 130 Å². The van der Waals surface area contributed by atoms with Crippen LogP contribution in [0.2, 0.25) is 0 Å². The molecular formula is C15H34NO4P. The molecule has 128 valence electrons. The Morgan fingerprint density at radius 1 is 1.00 bits per heavy atom. The van der Waals surface area contributed by atoms with E-state index in [2.05, 4.69) is 23.0 Å². The molecule has 0 bridgehead atoms. The molecule has 0 aliphatic carbocycles. The lowest BCUT2D eigenvalue weighted by atomic mass is 10.4. The molecule has 21 heavy (non-hydrogen) atoms.